The van der Waals surface area contributed by atoms with Crippen LogP contribution in [-0.2, 0) is 4.79 Å². The number of amides is 1. The number of nitrogens with zero attached hydrogens (tertiary/aromatic N) is 2. The van der Waals surface area contributed by atoms with E-state index in [1.807, 2.05) is 25.1 Å². The second-order valence-electron chi connectivity index (χ2n) is 6.50. The fraction of sp³-hybridized carbons (Fsp3) is 0.263. The van der Waals surface area contributed by atoms with Gasteiger partial charge in [0.2, 0.25) is 5.91 Å². The number of fused-ring (bicyclic) bond motifs is 1. The number of anilines is 2. The van der Waals surface area contributed by atoms with Crippen molar-refractivity contribution in [3.63, 3.8) is 0 Å². The summed E-state index contributed by atoms with van der Waals surface area (Å²) in [6.45, 7) is 5.36. The van der Waals surface area contributed by atoms with Gasteiger partial charge in [0, 0.05) is 18.8 Å². The maximum Gasteiger partial charge on any atom is 0.231 e. The predicted octanol–water partition coefficient (Wildman–Crippen LogP) is 4.13. The van der Waals surface area contributed by atoms with Gasteiger partial charge in [-0.05, 0) is 55.3 Å². The Morgan fingerprint density at radius 2 is 2.00 bits per heavy atom. The van der Waals surface area contributed by atoms with Crippen molar-refractivity contribution in [2.45, 2.75) is 13.8 Å². The summed E-state index contributed by atoms with van der Waals surface area (Å²) in [5.74, 6) is -0.269. The molecule has 2 heterocycles. The van der Waals surface area contributed by atoms with Crippen LogP contribution in [0.15, 0.2) is 36.4 Å². The SMILES string of the molecule is Cc1ccc(NC(=O)C2CN(c3nc4ccc(F)cc4s3)C2)cc1C. The van der Waals surface area contributed by atoms with E-state index in [9.17, 15) is 9.18 Å². The lowest BCUT2D eigenvalue weighted by atomic mass is 10.00. The number of aromatic nitrogens is 1. The lowest BCUT2D eigenvalue weighted by molar-refractivity contribution is -0.120. The number of benzene rings is 2. The van der Waals surface area contributed by atoms with Gasteiger partial charge in [-0.2, -0.15) is 0 Å². The van der Waals surface area contributed by atoms with Gasteiger partial charge < -0.3 is 10.2 Å². The van der Waals surface area contributed by atoms with Crippen molar-refractivity contribution in [2.75, 3.05) is 23.3 Å². The average molecular weight is 355 g/mol. The molecule has 1 N–H and O–H groups in total. The second-order valence-corrected chi connectivity index (χ2v) is 7.51. The molecule has 1 saturated heterocycles. The van der Waals surface area contributed by atoms with Gasteiger partial charge in [-0.3, -0.25) is 4.79 Å². The molecule has 25 heavy (non-hydrogen) atoms. The van der Waals surface area contributed by atoms with Crippen molar-refractivity contribution in [3.05, 3.63) is 53.3 Å². The number of nitrogens with one attached hydrogen (secondary N) is 1. The summed E-state index contributed by atoms with van der Waals surface area (Å²) in [6, 6.07) is 10.5. The van der Waals surface area contributed by atoms with Crippen LogP contribution in [0.5, 0.6) is 0 Å². The summed E-state index contributed by atoms with van der Waals surface area (Å²) in [7, 11) is 0. The summed E-state index contributed by atoms with van der Waals surface area (Å²) in [5.41, 5.74) is 4.00. The zero-order valence-electron chi connectivity index (χ0n) is 14.0. The van der Waals surface area contributed by atoms with Crippen LogP contribution in [0, 0.1) is 25.6 Å². The number of halogens is 1. The lowest BCUT2D eigenvalue weighted by Gasteiger charge is -2.37. The number of rotatable bonds is 3. The Hall–Kier alpha value is -2.47. The van der Waals surface area contributed by atoms with E-state index in [4.69, 9.17) is 0 Å². The molecule has 0 spiro atoms. The third-order valence-electron chi connectivity index (χ3n) is 4.64. The van der Waals surface area contributed by atoms with Gasteiger partial charge in [0.15, 0.2) is 5.13 Å². The fourth-order valence-corrected chi connectivity index (χ4v) is 3.89. The molecule has 2 aromatic carbocycles. The van der Waals surface area contributed by atoms with E-state index < -0.39 is 0 Å². The van der Waals surface area contributed by atoms with Crippen molar-refractivity contribution >= 4 is 38.3 Å². The van der Waals surface area contributed by atoms with E-state index in [1.54, 1.807) is 6.07 Å². The fourth-order valence-electron chi connectivity index (χ4n) is 2.89. The average Bonchev–Trinajstić information content (AvgIpc) is 2.92. The van der Waals surface area contributed by atoms with E-state index in [2.05, 4.69) is 22.1 Å². The van der Waals surface area contributed by atoms with Crippen molar-refractivity contribution in [1.29, 1.82) is 0 Å². The third kappa shape index (κ3) is 3.09. The van der Waals surface area contributed by atoms with Crippen LogP contribution in [0.2, 0.25) is 0 Å². The Morgan fingerprint density at radius 1 is 1.20 bits per heavy atom. The standard InChI is InChI=1S/C19H18FN3OS/c1-11-3-5-15(7-12(11)2)21-18(24)13-9-23(10-13)19-22-16-6-4-14(20)8-17(16)25-19/h3-8,13H,9-10H2,1-2H3,(H,21,24). The van der Waals surface area contributed by atoms with Gasteiger partial charge in [0.05, 0.1) is 16.1 Å². The van der Waals surface area contributed by atoms with Crippen LogP contribution in [0.4, 0.5) is 15.2 Å². The number of aryl methyl sites for hydroxylation is 2. The highest BCUT2D eigenvalue weighted by Gasteiger charge is 2.34. The van der Waals surface area contributed by atoms with E-state index in [0.717, 1.165) is 26.6 Å². The highest BCUT2D eigenvalue weighted by Crippen LogP contribution is 2.33. The van der Waals surface area contributed by atoms with Crippen molar-refractivity contribution < 1.29 is 9.18 Å². The van der Waals surface area contributed by atoms with E-state index in [-0.39, 0.29) is 17.6 Å². The Kier molecular flexibility index (Phi) is 3.92. The van der Waals surface area contributed by atoms with Crippen LogP contribution in [0.3, 0.4) is 0 Å². The normalized spacial score (nSPS) is 14.6. The molecule has 0 unspecified atom stereocenters. The van der Waals surface area contributed by atoms with Gasteiger partial charge in [-0.15, -0.1) is 0 Å². The second kappa shape index (κ2) is 6.11. The molecule has 128 valence electrons. The van der Waals surface area contributed by atoms with E-state index in [0.29, 0.717) is 13.1 Å². The molecular weight excluding hydrogens is 337 g/mol. The molecule has 1 aliphatic heterocycles. The predicted molar refractivity (Wildman–Crippen MR) is 99.8 cm³/mol. The molecule has 0 bridgehead atoms. The minimum Gasteiger partial charge on any atom is -0.346 e. The maximum absolute atomic E-state index is 13.3. The molecule has 1 aliphatic rings. The summed E-state index contributed by atoms with van der Waals surface area (Å²) < 4.78 is 14.1. The molecule has 0 aliphatic carbocycles. The summed E-state index contributed by atoms with van der Waals surface area (Å²) in [4.78, 5) is 19.0. The maximum atomic E-state index is 13.3. The topological polar surface area (TPSA) is 45.2 Å². The van der Waals surface area contributed by atoms with E-state index >= 15 is 0 Å². The monoisotopic (exact) mass is 355 g/mol. The highest BCUT2D eigenvalue weighted by atomic mass is 32.1. The van der Waals surface area contributed by atoms with Gasteiger partial charge in [0.1, 0.15) is 5.82 Å². The van der Waals surface area contributed by atoms with E-state index in [1.165, 1.54) is 29.0 Å². The smallest absolute Gasteiger partial charge is 0.231 e. The minimum absolute atomic E-state index is 0.0339. The molecule has 1 fully saturated rings. The van der Waals surface area contributed by atoms with Gasteiger partial charge >= 0.3 is 0 Å². The third-order valence-corrected chi connectivity index (χ3v) is 5.72. The molecule has 1 amide bonds. The van der Waals surface area contributed by atoms with Crippen molar-refractivity contribution in [3.8, 4) is 0 Å². The molecule has 4 rings (SSSR count). The molecule has 0 saturated carbocycles. The van der Waals surface area contributed by atoms with Gasteiger partial charge in [0.25, 0.3) is 0 Å². The van der Waals surface area contributed by atoms with Crippen LogP contribution in [0.25, 0.3) is 10.2 Å². The van der Waals surface area contributed by atoms with Crippen LogP contribution in [0.1, 0.15) is 11.1 Å². The highest BCUT2D eigenvalue weighted by molar-refractivity contribution is 7.22. The first-order chi connectivity index (χ1) is 12.0. The Labute approximate surface area is 149 Å². The molecular formula is C19H18FN3OS. The number of hydrogen-bond acceptors (Lipinski definition) is 4. The molecule has 3 aromatic rings. The van der Waals surface area contributed by atoms with Crippen molar-refractivity contribution in [2.24, 2.45) is 5.92 Å². The molecule has 1 aromatic heterocycles. The number of hydrogen-bond donors (Lipinski definition) is 1. The molecule has 0 atom stereocenters. The summed E-state index contributed by atoms with van der Waals surface area (Å²) in [5, 5.41) is 3.83. The Balaban J connectivity index is 1.40. The number of carbonyl (C=O) groups is 1. The quantitative estimate of drug-likeness (QED) is 0.768. The van der Waals surface area contributed by atoms with Gasteiger partial charge in [-0.25, -0.2) is 9.37 Å². The first-order valence-electron chi connectivity index (χ1n) is 8.19. The number of carbonyl (C=O) groups excluding carboxylic acids is 1. The first kappa shape index (κ1) is 16.0. The Bertz CT molecular complexity index is 962. The zero-order chi connectivity index (χ0) is 17.6. The lowest BCUT2D eigenvalue weighted by Crippen LogP contribution is -2.52. The van der Waals surface area contributed by atoms with Crippen LogP contribution < -0.4 is 10.2 Å². The van der Waals surface area contributed by atoms with Crippen LogP contribution in [-0.4, -0.2) is 24.0 Å². The minimum atomic E-state index is -0.253. The first-order valence-corrected chi connectivity index (χ1v) is 9.00. The Morgan fingerprint density at radius 3 is 2.76 bits per heavy atom. The molecule has 6 heteroatoms. The number of thiazole rings is 1. The zero-order valence-corrected chi connectivity index (χ0v) is 14.9. The van der Waals surface area contributed by atoms with Gasteiger partial charge in [-0.1, -0.05) is 17.4 Å². The summed E-state index contributed by atoms with van der Waals surface area (Å²) >= 11 is 1.46. The molecule has 0 radical (unpaired) electrons. The summed E-state index contributed by atoms with van der Waals surface area (Å²) in [6.07, 6.45) is 0. The van der Waals surface area contributed by atoms with Crippen molar-refractivity contribution in [1.82, 2.24) is 4.98 Å². The molecule has 4 nitrogen and oxygen atoms in total. The largest absolute Gasteiger partial charge is 0.346 e. The van der Waals surface area contributed by atoms with Crippen LogP contribution >= 0.6 is 11.3 Å².